The summed E-state index contributed by atoms with van der Waals surface area (Å²) >= 11 is 0. The van der Waals surface area contributed by atoms with Crippen molar-refractivity contribution in [3.63, 3.8) is 0 Å². The number of hydrogen-bond acceptors (Lipinski definition) is 4. The summed E-state index contributed by atoms with van der Waals surface area (Å²) < 4.78 is 5.33. The third-order valence-corrected chi connectivity index (χ3v) is 3.45. The molecule has 2 fully saturated rings. The molecule has 1 spiro atoms. The summed E-state index contributed by atoms with van der Waals surface area (Å²) in [6.45, 7) is 3.65. The summed E-state index contributed by atoms with van der Waals surface area (Å²) in [7, 11) is 0. The molecule has 3 atom stereocenters. The zero-order valence-electron chi connectivity index (χ0n) is 8.90. The highest BCUT2D eigenvalue weighted by atomic mass is 16.6. The molecule has 2 aliphatic rings. The van der Waals surface area contributed by atoms with Gasteiger partial charge in [-0.15, -0.1) is 0 Å². The van der Waals surface area contributed by atoms with Crippen LogP contribution in [0.4, 0.5) is 0 Å². The highest BCUT2D eigenvalue weighted by molar-refractivity contribution is 5.90. The van der Waals surface area contributed by atoms with Crippen LogP contribution in [-0.4, -0.2) is 11.6 Å². The number of nitrogens with zero attached hydrogens (tertiary/aromatic N) is 2. The van der Waals surface area contributed by atoms with Crippen molar-refractivity contribution in [2.45, 2.75) is 31.3 Å². The largest absolute Gasteiger partial charge is 0.455 e. The van der Waals surface area contributed by atoms with Crippen molar-refractivity contribution in [1.82, 2.24) is 0 Å². The first-order chi connectivity index (χ1) is 7.60. The van der Waals surface area contributed by atoms with E-state index in [9.17, 15) is 4.79 Å². The van der Waals surface area contributed by atoms with Gasteiger partial charge in [-0.05, 0) is 12.8 Å². The molecule has 0 aromatic heterocycles. The van der Waals surface area contributed by atoms with Gasteiger partial charge in [0.25, 0.3) is 0 Å². The molecule has 0 N–H and O–H groups in total. The van der Waals surface area contributed by atoms with Gasteiger partial charge in [0.1, 0.15) is 5.60 Å². The molecular weight excluding hydrogens is 204 g/mol. The number of hydrogen-bond donors (Lipinski definition) is 0. The minimum Gasteiger partial charge on any atom is -0.455 e. The van der Waals surface area contributed by atoms with Crippen molar-refractivity contribution in [2.75, 3.05) is 0 Å². The molecule has 1 saturated heterocycles. The Hall–Kier alpha value is -1.81. The van der Waals surface area contributed by atoms with E-state index in [0.717, 1.165) is 0 Å². The molecule has 82 valence electrons. The van der Waals surface area contributed by atoms with E-state index in [0.29, 0.717) is 31.3 Å². The van der Waals surface area contributed by atoms with Gasteiger partial charge in [-0.2, -0.15) is 10.5 Å². The molecule has 0 amide bonds. The Balaban J connectivity index is 2.17. The Morgan fingerprint density at radius 1 is 1.38 bits per heavy atom. The standard InChI is InChI=1S/C12H12N2O2/c1-8-4-12(16-11(8)15)3-2-9(6-13)10(5-12)7-14/h9-10H,1-5H2. The first-order valence-corrected chi connectivity index (χ1v) is 5.30. The van der Waals surface area contributed by atoms with E-state index in [1.54, 1.807) is 0 Å². The molecule has 0 aromatic carbocycles. The lowest BCUT2D eigenvalue weighted by atomic mass is 9.71. The van der Waals surface area contributed by atoms with Crippen molar-refractivity contribution in [3.8, 4) is 12.1 Å². The fraction of sp³-hybridized carbons (Fsp3) is 0.583. The Bertz CT molecular complexity index is 411. The van der Waals surface area contributed by atoms with Crippen LogP contribution in [0.15, 0.2) is 12.2 Å². The second-order valence-corrected chi connectivity index (χ2v) is 4.57. The Morgan fingerprint density at radius 3 is 2.56 bits per heavy atom. The van der Waals surface area contributed by atoms with Crippen LogP contribution >= 0.6 is 0 Å². The van der Waals surface area contributed by atoms with E-state index in [2.05, 4.69) is 18.7 Å². The molecule has 0 aromatic rings. The predicted molar refractivity (Wildman–Crippen MR) is 54.6 cm³/mol. The van der Waals surface area contributed by atoms with E-state index in [4.69, 9.17) is 15.3 Å². The van der Waals surface area contributed by atoms with E-state index < -0.39 is 5.60 Å². The molecule has 1 aliphatic heterocycles. The number of carbonyl (C=O) groups excluding carboxylic acids is 1. The lowest BCUT2D eigenvalue weighted by Gasteiger charge is -2.35. The van der Waals surface area contributed by atoms with Crippen molar-refractivity contribution >= 4 is 5.97 Å². The molecule has 3 unspecified atom stereocenters. The van der Waals surface area contributed by atoms with Gasteiger partial charge in [-0.1, -0.05) is 6.58 Å². The van der Waals surface area contributed by atoms with Gasteiger partial charge in [0, 0.05) is 18.4 Å². The minimum atomic E-state index is -0.554. The molecule has 4 nitrogen and oxygen atoms in total. The predicted octanol–water partition coefficient (Wildman–Crippen LogP) is 1.69. The van der Waals surface area contributed by atoms with E-state index in [-0.39, 0.29) is 17.8 Å². The second kappa shape index (κ2) is 3.64. The van der Waals surface area contributed by atoms with Crippen LogP contribution < -0.4 is 0 Å². The SMILES string of the molecule is C=C1CC2(CCC(C#N)C(C#N)C2)OC1=O. The average Bonchev–Trinajstić information content (AvgIpc) is 2.54. The lowest BCUT2D eigenvalue weighted by Crippen LogP contribution is -2.38. The smallest absolute Gasteiger partial charge is 0.334 e. The summed E-state index contributed by atoms with van der Waals surface area (Å²) in [5.74, 6) is -0.923. The normalized spacial score (nSPS) is 37.9. The van der Waals surface area contributed by atoms with Crippen molar-refractivity contribution in [3.05, 3.63) is 12.2 Å². The number of ether oxygens (including phenoxy) is 1. The summed E-state index contributed by atoms with van der Waals surface area (Å²) in [6, 6.07) is 4.29. The Morgan fingerprint density at radius 2 is 2.06 bits per heavy atom. The number of carbonyl (C=O) groups is 1. The van der Waals surface area contributed by atoms with Crippen LogP contribution in [0.5, 0.6) is 0 Å². The minimum absolute atomic E-state index is 0.233. The van der Waals surface area contributed by atoms with Gasteiger partial charge in [0.2, 0.25) is 0 Å². The van der Waals surface area contributed by atoms with Crippen LogP contribution in [0.3, 0.4) is 0 Å². The maximum absolute atomic E-state index is 11.3. The monoisotopic (exact) mass is 216 g/mol. The van der Waals surface area contributed by atoms with Gasteiger partial charge < -0.3 is 4.74 Å². The summed E-state index contributed by atoms with van der Waals surface area (Å²) in [5, 5.41) is 17.9. The fourth-order valence-corrected chi connectivity index (χ4v) is 2.57. The van der Waals surface area contributed by atoms with Crippen LogP contribution in [-0.2, 0) is 9.53 Å². The van der Waals surface area contributed by atoms with Crippen molar-refractivity contribution < 1.29 is 9.53 Å². The van der Waals surface area contributed by atoms with Crippen LogP contribution in [0, 0.1) is 34.5 Å². The molecule has 4 heteroatoms. The van der Waals surface area contributed by atoms with Gasteiger partial charge in [0.05, 0.1) is 24.0 Å². The summed E-state index contributed by atoms with van der Waals surface area (Å²) in [6.07, 6.45) is 2.25. The van der Waals surface area contributed by atoms with Crippen LogP contribution in [0.25, 0.3) is 0 Å². The second-order valence-electron chi connectivity index (χ2n) is 4.57. The molecule has 1 saturated carbocycles. The van der Waals surface area contributed by atoms with E-state index in [1.807, 2.05) is 0 Å². The molecule has 2 rings (SSSR count). The first-order valence-electron chi connectivity index (χ1n) is 5.30. The maximum Gasteiger partial charge on any atom is 0.334 e. The van der Waals surface area contributed by atoms with Gasteiger partial charge in [-0.3, -0.25) is 0 Å². The molecule has 0 bridgehead atoms. The summed E-state index contributed by atoms with van der Waals surface area (Å²) in [5.41, 5.74) is -0.0749. The van der Waals surface area contributed by atoms with Gasteiger partial charge >= 0.3 is 5.97 Å². The van der Waals surface area contributed by atoms with Crippen LogP contribution in [0.2, 0.25) is 0 Å². The third-order valence-electron chi connectivity index (χ3n) is 3.45. The van der Waals surface area contributed by atoms with Gasteiger partial charge in [0.15, 0.2) is 0 Å². The lowest BCUT2D eigenvalue weighted by molar-refractivity contribution is -0.150. The topological polar surface area (TPSA) is 73.9 Å². The van der Waals surface area contributed by atoms with E-state index >= 15 is 0 Å². The number of esters is 1. The van der Waals surface area contributed by atoms with Crippen LogP contribution in [0.1, 0.15) is 25.7 Å². The molecule has 1 heterocycles. The molecule has 0 radical (unpaired) electrons. The van der Waals surface area contributed by atoms with Gasteiger partial charge in [-0.25, -0.2) is 4.79 Å². The maximum atomic E-state index is 11.3. The molecular formula is C12H12N2O2. The molecule has 1 aliphatic carbocycles. The first kappa shape index (κ1) is 10.7. The number of nitriles is 2. The Labute approximate surface area is 94.1 Å². The summed E-state index contributed by atoms with van der Waals surface area (Å²) in [4.78, 5) is 11.3. The van der Waals surface area contributed by atoms with E-state index in [1.165, 1.54) is 0 Å². The van der Waals surface area contributed by atoms with Crippen molar-refractivity contribution in [2.24, 2.45) is 11.8 Å². The highest BCUT2D eigenvalue weighted by Crippen LogP contribution is 2.45. The zero-order valence-corrected chi connectivity index (χ0v) is 8.90. The quantitative estimate of drug-likeness (QED) is 0.456. The van der Waals surface area contributed by atoms with Crippen molar-refractivity contribution in [1.29, 1.82) is 10.5 Å². The molecule has 16 heavy (non-hydrogen) atoms. The average molecular weight is 216 g/mol. The zero-order chi connectivity index (χ0) is 11.8. The Kier molecular flexibility index (Phi) is 2.44. The fourth-order valence-electron chi connectivity index (χ4n) is 2.57. The third kappa shape index (κ3) is 1.57. The highest BCUT2D eigenvalue weighted by Gasteiger charge is 2.48. The number of rotatable bonds is 0.